The Morgan fingerprint density at radius 1 is 1.24 bits per heavy atom. The van der Waals surface area contributed by atoms with Crippen LogP contribution in [-0.2, 0) is 9.47 Å². The van der Waals surface area contributed by atoms with E-state index in [0.717, 1.165) is 45.4 Å². The zero-order valence-corrected chi connectivity index (χ0v) is 14.6. The fraction of sp³-hybridized carbons (Fsp3) is 1.00. The Balaban J connectivity index is 2.43. The molecule has 0 amide bonds. The van der Waals surface area contributed by atoms with Crippen molar-refractivity contribution >= 4 is 0 Å². The van der Waals surface area contributed by atoms with Gasteiger partial charge in [0, 0.05) is 39.9 Å². The van der Waals surface area contributed by atoms with Gasteiger partial charge in [0.1, 0.15) is 0 Å². The molecule has 0 aromatic heterocycles. The average molecular weight is 300 g/mol. The minimum absolute atomic E-state index is 0.432. The molecule has 126 valence electrons. The fourth-order valence-electron chi connectivity index (χ4n) is 3.31. The summed E-state index contributed by atoms with van der Waals surface area (Å²) in [5, 5.41) is 3.60. The number of rotatable bonds is 11. The van der Waals surface area contributed by atoms with Gasteiger partial charge in [-0.3, -0.25) is 0 Å². The van der Waals surface area contributed by atoms with Crippen LogP contribution >= 0.6 is 0 Å². The second kappa shape index (κ2) is 10.5. The third kappa shape index (κ3) is 7.59. The normalized spacial score (nSPS) is 26.4. The largest absolute Gasteiger partial charge is 0.383 e. The van der Waals surface area contributed by atoms with Crippen LogP contribution in [0, 0.1) is 11.3 Å². The van der Waals surface area contributed by atoms with Crippen molar-refractivity contribution in [3.63, 3.8) is 0 Å². The molecule has 0 radical (unpaired) electrons. The van der Waals surface area contributed by atoms with E-state index in [1.807, 2.05) is 0 Å². The molecule has 0 aromatic carbocycles. The molecule has 4 heteroatoms. The second-order valence-electron chi connectivity index (χ2n) is 6.79. The molecule has 0 aliphatic heterocycles. The highest BCUT2D eigenvalue weighted by Crippen LogP contribution is 2.38. The Labute approximate surface area is 131 Å². The molecule has 1 N–H and O–H groups in total. The quantitative estimate of drug-likeness (QED) is 0.594. The molecule has 0 atom stereocenters. The van der Waals surface area contributed by atoms with Crippen LogP contribution in [0.4, 0.5) is 0 Å². The number of nitrogens with zero attached hydrogens (tertiary/aromatic N) is 1. The molecule has 21 heavy (non-hydrogen) atoms. The number of nitrogens with one attached hydrogen (secondary N) is 1. The summed E-state index contributed by atoms with van der Waals surface area (Å²) in [6, 6.07) is 0. The van der Waals surface area contributed by atoms with Gasteiger partial charge in [0.25, 0.3) is 0 Å². The minimum Gasteiger partial charge on any atom is -0.383 e. The summed E-state index contributed by atoms with van der Waals surface area (Å²) in [7, 11) is 4.00. The van der Waals surface area contributed by atoms with Gasteiger partial charge in [-0.1, -0.05) is 19.8 Å². The highest BCUT2D eigenvalue weighted by molar-refractivity contribution is 4.89. The maximum atomic E-state index is 5.48. The summed E-state index contributed by atoms with van der Waals surface area (Å²) in [6.45, 7) is 11.2. The van der Waals surface area contributed by atoms with Gasteiger partial charge in [-0.25, -0.2) is 0 Å². The monoisotopic (exact) mass is 300 g/mol. The van der Waals surface area contributed by atoms with Gasteiger partial charge < -0.3 is 19.7 Å². The van der Waals surface area contributed by atoms with Gasteiger partial charge in [-0.05, 0) is 38.1 Å². The average Bonchev–Trinajstić information content (AvgIpc) is 2.47. The molecule has 1 aliphatic rings. The van der Waals surface area contributed by atoms with Gasteiger partial charge in [0.05, 0.1) is 13.2 Å². The Bertz CT molecular complexity index is 253. The lowest BCUT2D eigenvalue weighted by Gasteiger charge is -2.42. The van der Waals surface area contributed by atoms with Gasteiger partial charge in [-0.2, -0.15) is 0 Å². The Hall–Kier alpha value is -0.160. The van der Waals surface area contributed by atoms with Crippen LogP contribution in [-0.4, -0.2) is 65.1 Å². The van der Waals surface area contributed by atoms with Crippen LogP contribution in [0.3, 0.4) is 0 Å². The lowest BCUT2D eigenvalue weighted by atomic mass is 9.70. The SMILES string of the molecule is CCOCCN(C)CC1(CNCCOC)CCC(C)CC1. The topological polar surface area (TPSA) is 33.7 Å². The van der Waals surface area contributed by atoms with Crippen molar-refractivity contribution in [2.24, 2.45) is 11.3 Å². The van der Waals surface area contributed by atoms with Gasteiger partial charge in [-0.15, -0.1) is 0 Å². The molecule has 1 saturated carbocycles. The van der Waals surface area contributed by atoms with Crippen molar-refractivity contribution in [1.82, 2.24) is 10.2 Å². The first-order chi connectivity index (χ1) is 10.1. The fourth-order valence-corrected chi connectivity index (χ4v) is 3.31. The van der Waals surface area contributed by atoms with E-state index in [-0.39, 0.29) is 0 Å². The van der Waals surface area contributed by atoms with E-state index in [1.165, 1.54) is 32.2 Å². The molecule has 0 heterocycles. The van der Waals surface area contributed by atoms with Gasteiger partial charge in [0.15, 0.2) is 0 Å². The van der Waals surface area contributed by atoms with Gasteiger partial charge >= 0.3 is 0 Å². The van der Waals surface area contributed by atoms with E-state index in [1.54, 1.807) is 7.11 Å². The maximum Gasteiger partial charge on any atom is 0.0593 e. The Morgan fingerprint density at radius 3 is 2.57 bits per heavy atom. The first-order valence-electron chi connectivity index (χ1n) is 8.58. The van der Waals surface area contributed by atoms with E-state index in [2.05, 4.69) is 31.1 Å². The predicted octanol–water partition coefficient (Wildman–Crippen LogP) is 2.39. The van der Waals surface area contributed by atoms with E-state index in [9.17, 15) is 0 Å². The molecular formula is C17H36N2O2. The number of likely N-dealkylation sites (N-methyl/N-ethyl adjacent to an activating group) is 1. The molecule has 0 spiro atoms. The number of hydrogen-bond acceptors (Lipinski definition) is 4. The standard InChI is InChI=1S/C17H36N2O2/c1-5-21-13-11-19(3)15-17(14-18-10-12-20-4)8-6-16(2)7-9-17/h16,18H,5-15H2,1-4H3. The molecule has 0 bridgehead atoms. The molecule has 4 nitrogen and oxygen atoms in total. The third-order valence-corrected chi connectivity index (χ3v) is 4.74. The van der Waals surface area contributed by atoms with Gasteiger partial charge in [0.2, 0.25) is 0 Å². The van der Waals surface area contributed by atoms with E-state index >= 15 is 0 Å². The third-order valence-electron chi connectivity index (χ3n) is 4.74. The molecule has 1 rings (SSSR count). The second-order valence-corrected chi connectivity index (χ2v) is 6.79. The smallest absolute Gasteiger partial charge is 0.0593 e. The van der Waals surface area contributed by atoms with E-state index < -0.39 is 0 Å². The van der Waals surface area contributed by atoms with Crippen molar-refractivity contribution in [2.45, 2.75) is 39.5 Å². The number of hydrogen-bond donors (Lipinski definition) is 1. The molecule has 0 saturated heterocycles. The van der Waals surface area contributed by atoms with Crippen LogP contribution < -0.4 is 5.32 Å². The highest BCUT2D eigenvalue weighted by Gasteiger charge is 2.34. The summed E-state index contributed by atoms with van der Waals surface area (Å²) in [5.74, 6) is 0.894. The lowest BCUT2D eigenvalue weighted by Crippen LogP contribution is -2.46. The molecule has 1 fully saturated rings. The van der Waals surface area contributed by atoms with E-state index in [4.69, 9.17) is 9.47 Å². The minimum atomic E-state index is 0.432. The summed E-state index contributed by atoms with van der Waals surface area (Å²) in [6.07, 6.45) is 5.41. The van der Waals surface area contributed by atoms with Crippen molar-refractivity contribution in [3.8, 4) is 0 Å². The predicted molar refractivity (Wildman–Crippen MR) is 88.8 cm³/mol. The molecule has 0 unspecified atom stereocenters. The Kier molecular flexibility index (Phi) is 9.49. The van der Waals surface area contributed by atoms with Crippen LogP contribution in [0.25, 0.3) is 0 Å². The van der Waals surface area contributed by atoms with Crippen LogP contribution in [0.1, 0.15) is 39.5 Å². The summed E-state index contributed by atoms with van der Waals surface area (Å²) >= 11 is 0. The zero-order valence-electron chi connectivity index (χ0n) is 14.6. The van der Waals surface area contributed by atoms with Crippen molar-refractivity contribution in [1.29, 1.82) is 0 Å². The zero-order chi connectivity index (χ0) is 15.6. The van der Waals surface area contributed by atoms with Crippen molar-refractivity contribution in [2.75, 3.05) is 60.2 Å². The maximum absolute atomic E-state index is 5.48. The van der Waals surface area contributed by atoms with E-state index in [0.29, 0.717) is 5.41 Å². The summed E-state index contributed by atoms with van der Waals surface area (Å²) in [5.41, 5.74) is 0.432. The molecule has 1 aliphatic carbocycles. The number of methoxy groups -OCH3 is 1. The lowest BCUT2D eigenvalue weighted by molar-refractivity contribution is 0.0708. The molecular weight excluding hydrogens is 264 g/mol. The highest BCUT2D eigenvalue weighted by atomic mass is 16.5. The van der Waals surface area contributed by atoms with Crippen LogP contribution in [0.5, 0.6) is 0 Å². The van der Waals surface area contributed by atoms with Crippen LogP contribution in [0.2, 0.25) is 0 Å². The first kappa shape index (κ1) is 18.9. The molecule has 0 aromatic rings. The van der Waals surface area contributed by atoms with Crippen LogP contribution in [0.15, 0.2) is 0 Å². The Morgan fingerprint density at radius 2 is 1.95 bits per heavy atom. The summed E-state index contributed by atoms with van der Waals surface area (Å²) < 4.78 is 10.6. The number of ether oxygens (including phenoxy) is 2. The first-order valence-corrected chi connectivity index (χ1v) is 8.58. The van der Waals surface area contributed by atoms with Crippen molar-refractivity contribution < 1.29 is 9.47 Å². The van der Waals surface area contributed by atoms with Crippen molar-refractivity contribution in [3.05, 3.63) is 0 Å². The summed E-state index contributed by atoms with van der Waals surface area (Å²) in [4.78, 5) is 2.45.